The zero-order valence-electron chi connectivity index (χ0n) is 12.9. The Kier molecular flexibility index (Phi) is 5.05. The molecule has 1 aliphatic heterocycles. The standard InChI is InChI=1S/C14H26N4O3/c1-17-7-8-18(2)11(10-17)9-15-13(21)16-14(12(19)20)5-3-4-6-14/h11H,3-10H2,1-2H3,(H,19,20)(H2,15,16,21). The predicted molar refractivity (Wildman–Crippen MR) is 79.3 cm³/mol. The molecule has 2 aliphatic rings. The van der Waals surface area contributed by atoms with Crippen LogP contribution in [0.5, 0.6) is 0 Å². The maximum absolute atomic E-state index is 12.0. The quantitative estimate of drug-likeness (QED) is 0.676. The molecule has 7 nitrogen and oxygen atoms in total. The smallest absolute Gasteiger partial charge is 0.329 e. The molecule has 1 saturated carbocycles. The lowest BCUT2D eigenvalue weighted by atomic mass is 9.98. The number of hydrogen-bond acceptors (Lipinski definition) is 4. The molecule has 0 aromatic carbocycles. The lowest BCUT2D eigenvalue weighted by molar-refractivity contribution is -0.144. The van der Waals surface area contributed by atoms with Gasteiger partial charge in [0.1, 0.15) is 5.54 Å². The SMILES string of the molecule is CN1CCN(C)C(CNC(=O)NC2(C(=O)O)CCCC2)C1. The van der Waals surface area contributed by atoms with Crippen LogP contribution < -0.4 is 10.6 Å². The number of piperazine rings is 1. The van der Waals surface area contributed by atoms with Gasteiger partial charge in [0.05, 0.1) is 0 Å². The minimum atomic E-state index is -1.07. The Morgan fingerprint density at radius 2 is 1.90 bits per heavy atom. The summed E-state index contributed by atoms with van der Waals surface area (Å²) in [5.74, 6) is -0.926. The summed E-state index contributed by atoms with van der Waals surface area (Å²) >= 11 is 0. The fraction of sp³-hybridized carbons (Fsp3) is 0.857. The summed E-state index contributed by atoms with van der Waals surface area (Å²) < 4.78 is 0. The van der Waals surface area contributed by atoms with Crippen LogP contribution in [0, 0.1) is 0 Å². The third-order valence-electron chi connectivity index (χ3n) is 4.70. The van der Waals surface area contributed by atoms with Crippen molar-refractivity contribution in [2.45, 2.75) is 37.3 Å². The fourth-order valence-corrected chi connectivity index (χ4v) is 3.16. The van der Waals surface area contributed by atoms with Crippen LogP contribution in [0.1, 0.15) is 25.7 Å². The Morgan fingerprint density at radius 3 is 2.52 bits per heavy atom. The van der Waals surface area contributed by atoms with Crippen molar-refractivity contribution in [2.24, 2.45) is 0 Å². The highest BCUT2D eigenvalue weighted by atomic mass is 16.4. The highest BCUT2D eigenvalue weighted by Gasteiger charge is 2.42. The molecule has 2 rings (SSSR count). The van der Waals surface area contributed by atoms with E-state index in [1.54, 1.807) is 0 Å². The van der Waals surface area contributed by atoms with E-state index in [2.05, 4.69) is 27.5 Å². The zero-order valence-corrected chi connectivity index (χ0v) is 12.9. The first-order valence-electron chi connectivity index (χ1n) is 7.61. The topological polar surface area (TPSA) is 84.9 Å². The number of carbonyl (C=O) groups is 2. The van der Waals surface area contributed by atoms with Crippen LogP contribution in [-0.2, 0) is 4.79 Å². The van der Waals surface area contributed by atoms with Crippen LogP contribution in [0.4, 0.5) is 4.79 Å². The van der Waals surface area contributed by atoms with Crippen LogP contribution in [0.25, 0.3) is 0 Å². The first-order valence-corrected chi connectivity index (χ1v) is 7.61. The van der Waals surface area contributed by atoms with Crippen molar-refractivity contribution in [3.05, 3.63) is 0 Å². The first-order chi connectivity index (χ1) is 9.93. The van der Waals surface area contributed by atoms with Crippen molar-refractivity contribution in [1.82, 2.24) is 20.4 Å². The number of rotatable bonds is 4. The minimum absolute atomic E-state index is 0.263. The summed E-state index contributed by atoms with van der Waals surface area (Å²) in [6.07, 6.45) is 2.73. The molecule has 0 aromatic heterocycles. The van der Waals surface area contributed by atoms with Gasteiger partial charge in [-0.3, -0.25) is 4.90 Å². The zero-order chi connectivity index (χ0) is 15.5. The van der Waals surface area contributed by atoms with E-state index in [1.165, 1.54) is 0 Å². The summed E-state index contributed by atoms with van der Waals surface area (Å²) in [5, 5.41) is 14.9. The highest BCUT2D eigenvalue weighted by Crippen LogP contribution is 2.29. The van der Waals surface area contributed by atoms with Crippen LogP contribution in [0.2, 0.25) is 0 Å². The van der Waals surface area contributed by atoms with E-state index in [0.717, 1.165) is 32.5 Å². The molecule has 0 bridgehead atoms. The summed E-state index contributed by atoms with van der Waals surface area (Å²) in [7, 11) is 4.12. The summed E-state index contributed by atoms with van der Waals surface area (Å²) in [6, 6.07) is -0.111. The molecule has 1 atom stereocenters. The number of amides is 2. The van der Waals surface area contributed by atoms with Crippen molar-refractivity contribution >= 4 is 12.0 Å². The maximum Gasteiger partial charge on any atom is 0.329 e. The Labute approximate surface area is 125 Å². The number of carboxylic acid groups (broad SMARTS) is 1. The lowest BCUT2D eigenvalue weighted by Crippen LogP contribution is -2.59. The fourth-order valence-electron chi connectivity index (χ4n) is 3.16. The van der Waals surface area contributed by atoms with Gasteiger partial charge in [0.2, 0.25) is 0 Å². The van der Waals surface area contributed by atoms with Gasteiger partial charge in [-0.25, -0.2) is 9.59 Å². The first kappa shape index (κ1) is 16.0. The van der Waals surface area contributed by atoms with Gasteiger partial charge >= 0.3 is 12.0 Å². The molecule has 1 saturated heterocycles. The minimum Gasteiger partial charge on any atom is -0.480 e. The number of carbonyl (C=O) groups excluding carboxylic acids is 1. The van der Waals surface area contributed by atoms with Crippen molar-refractivity contribution in [3.63, 3.8) is 0 Å². The molecule has 2 fully saturated rings. The second-order valence-corrected chi connectivity index (χ2v) is 6.33. The van der Waals surface area contributed by atoms with Gasteiger partial charge in [0, 0.05) is 32.2 Å². The van der Waals surface area contributed by atoms with Crippen molar-refractivity contribution in [3.8, 4) is 0 Å². The van der Waals surface area contributed by atoms with Crippen LogP contribution >= 0.6 is 0 Å². The Morgan fingerprint density at radius 1 is 1.24 bits per heavy atom. The van der Waals surface area contributed by atoms with Gasteiger partial charge in [0.15, 0.2) is 0 Å². The molecule has 0 spiro atoms. The van der Waals surface area contributed by atoms with E-state index in [9.17, 15) is 14.7 Å². The third-order valence-corrected chi connectivity index (χ3v) is 4.70. The number of urea groups is 1. The number of carboxylic acids is 1. The van der Waals surface area contributed by atoms with E-state index in [4.69, 9.17) is 0 Å². The monoisotopic (exact) mass is 298 g/mol. The highest BCUT2D eigenvalue weighted by molar-refractivity contribution is 5.86. The summed E-state index contributed by atoms with van der Waals surface area (Å²) in [6.45, 7) is 3.44. The molecule has 7 heteroatoms. The molecular formula is C14H26N4O3. The second kappa shape index (κ2) is 6.62. The number of likely N-dealkylation sites (N-methyl/N-ethyl adjacent to an activating group) is 2. The van der Waals surface area contributed by atoms with Crippen molar-refractivity contribution in [2.75, 3.05) is 40.3 Å². The van der Waals surface area contributed by atoms with Gasteiger partial charge in [-0.2, -0.15) is 0 Å². The second-order valence-electron chi connectivity index (χ2n) is 6.33. The van der Waals surface area contributed by atoms with Gasteiger partial charge < -0.3 is 20.6 Å². The Balaban J connectivity index is 1.83. The maximum atomic E-state index is 12.0. The number of aliphatic carboxylic acids is 1. The molecule has 1 aliphatic carbocycles. The Hall–Kier alpha value is -1.34. The van der Waals surface area contributed by atoms with Gasteiger partial charge in [0.25, 0.3) is 0 Å². The largest absolute Gasteiger partial charge is 0.480 e. The average molecular weight is 298 g/mol. The molecule has 1 unspecified atom stereocenters. The van der Waals surface area contributed by atoms with Crippen LogP contribution in [0.3, 0.4) is 0 Å². The van der Waals surface area contributed by atoms with E-state index < -0.39 is 11.5 Å². The van der Waals surface area contributed by atoms with E-state index in [0.29, 0.717) is 19.4 Å². The van der Waals surface area contributed by atoms with Gasteiger partial charge in [-0.1, -0.05) is 12.8 Å². The molecule has 3 N–H and O–H groups in total. The molecular weight excluding hydrogens is 272 g/mol. The normalized spacial score (nSPS) is 26.5. The molecule has 120 valence electrons. The molecule has 0 aromatic rings. The molecule has 1 heterocycles. The third kappa shape index (κ3) is 3.85. The van der Waals surface area contributed by atoms with E-state index in [1.807, 2.05) is 7.05 Å². The number of nitrogens with zero attached hydrogens (tertiary/aromatic N) is 2. The van der Waals surface area contributed by atoms with Crippen molar-refractivity contribution < 1.29 is 14.7 Å². The molecule has 21 heavy (non-hydrogen) atoms. The number of hydrogen-bond donors (Lipinski definition) is 3. The van der Waals surface area contributed by atoms with Gasteiger partial charge in [-0.15, -0.1) is 0 Å². The number of nitrogens with one attached hydrogen (secondary N) is 2. The van der Waals surface area contributed by atoms with Crippen molar-refractivity contribution in [1.29, 1.82) is 0 Å². The summed E-state index contributed by atoms with van der Waals surface area (Å²) in [5.41, 5.74) is -1.07. The lowest BCUT2D eigenvalue weighted by Gasteiger charge is -2.37. The summed E-state index contributed by atoms with van der Waals surface area (Å²) in [4.78, 5) is 27.9. The van der Waals surface area contributed by atoms with Gasteiger partial charge in [-0.05, 0) is 26.9 Å². The Bertz CT molecular complexity index is 396. The predicted octanol–water partition coefficient (Wildman–Crippen LogP) is -0.0712. The average Bonchev–Trinajstić information content (AvgIpc) is 2.89. The van der Waals surface area contributed by atoms with E-state index in [-0.39, 0.29) is 12.1 Å². The molecule has 2 amide bonds. The molecule has 0 radical (unpaired) electrons. The van der Waals surface area contributed by atoms with Crippen LogP contribution in [-0.4, -0.2) is 78.8 Å². The van der Waals surface area contributed by atoms with E-state index >= 15 is 0 Å². The van der Waals surface area contributed by atoms with Crippen LogP contribution in [0.15, 0.2) is 0 Å².